The maximum absolute atomic E-state index is 12.7. The van der Waals surface area contributed by atoms with Gasteiger partial charge in [-0.1, -0.05) is 22.0 Å². The molecule has 0 aliphatic rings. The third-order valence-corrected chi connectivity index (χ3v) is 4.70. The number of carbonyl (C=O) groups excluding carboxylic acids is 1. The van der Waals surface area contributed by atoms with Gasteiger partial charge in [-0.25, -0.2) is 4.68 Å². The Hall–Kier alpha value is -2.86. The maximum Gasteiger partial charge on any atom is 0.259 e. The van der Waals surface area contributed by atoms with Crippen molar-refractivity contribution in [1.82, 2.24) is 14.8 Å². The monoisotopic (exact) mass is 394 g/mol. The van der Waals surface area contributed by atoms with Crippen molar-refractivity contribution in [1.29, 1.82) is 0 Å². The quantitative estimate of drug-likeness (QED) is 0.529. The second-order valence-electron chi connectivity index (χ2n) is 5.73. The first-order chi connectivity index (χ1) is 12.1. The van der Waals surface area contributed by atoms with Gasteiger partial charge < -0.3 is 10.3 Å². The number of halogens is 1. The average Bonchev–Trinajstić information content (AvgIpc) is 3.23. The van der Waals surface area contributed by atoms with Gasteiger partial charge in [0.2, 0.25) is 0 Å². The average molecular weight is 395 g/mol. The zero-order chi connectivity index (χ0) is 17.4. The Balaban J connectivity index is 1.65. The van der Waals surface area contributed by atoms with Gasteiger partial charge >= 0.3 is 0 Å². The molecule has 2 heterocycles. The lowest BCUT2D eigenvalue weighted by Gasteiger charge is -2.08. The lowest BCUT2D eigenvalue weighted by Crippen LogP contribution is -2.13. The van der Waals surface area contributed by atoms with Gasteiger partial charge in [-0.2, -0.15) is 5.10 Å². The molecule has 2 aromatic heterocycles. The third-order valence-electron chi connectivity index (χ3n) is 4.17. The van der Waals surface area contributed by atoms with Crippen LogP contribution in [0, 0.1) is 6.92 Å². The Kier molecular flexibility index (Phi) is 3.89. The SMILES string of the molecule is Cc1c(C(=O)Nc2cccc3[nH]ccc23)cnn1-c1ccc(Br)cc1. The molecule has 0 aliphatic carbocycles. The molecule has 0 saturated carbocycles. The van der Waals surface area contributed by atoms with Gasteiger partial charge in [0.25, 0.3) is 5.91 Å². The van der Waals surface area contributed by atoms with Crippen molar-refractivity contribution in [3.63, 3.8) is 0 Å². The van der Waals surface area contributed by atoms with Crippen LogP contribution in [0.2, 0.25) is 0 Å². The number of anilines is 1. The molecule has 1 amide bonds. The van der Waals surface area contributed by atoms with E-state index < -0.39 is 0 Å². The van der Waals surface area contributed by atoms with Gasteiger partial charge in [0.05, 0.1) is 28.8 Å². The summed E-state index contributed by atoms with van der Waals surface area (Å²) >= 11 is 3.42. The van der Waals surface area contributed by atoms with Crippen LogP contribution in [0.4, 0.5) is 5.69 Å². The summed E-state index contributed by atoms with van der Waals surface area (Å²) < 4.78 is 2.76. The molecule has 2 aromatic carbocycles. The lowest BCUT2D eigenvalue weighted by molar-refractivity contribution is 0.102. The van der Waals surface area contributed by atoms with E-state index in [4.69, 9.17) is 0 Å². The molecule has 4 rings (SSSR count). The summed E-state index contributed by atoms with van der Waals surface area (Å²) in [4.78, 5) is 15.9. The first-order valence-corrected chi connectivity index (χ1v) is 8.61. The highest BCUT2D eigenvalue weighted by Gasteiger charge is 2.16. The summed E-state index contributed by atoms with van der Waals surface area (Å²) in [7, 11) is 0. The van der Waals surface area contributed by atoms with E-state index in [0.29, 0.717) is 5.56 Å². The first-order valence-electron chi connectivity index (χ1n) is 7.81. The normalized spacial score (nSPS) is 11.0. The molecule has 0 fully saturated rings. The zero-order valence-electron chi connectivity index (χ0n) is 13.5. The molecule has 2 N–H and O–H groups in total. The molecule has 6 heteroatoms. The van der Waals surface area contributed by atoms with Crippen molar-refractivity contribution in [3.8, 4) is 5.69 Å². The van der Waals surface area contributed by atoms with Crippen molar-refractivity contribution in [2.75, 3.05) is 5.32 Å². The van der Waals surface area contributed by atoms with Crippen LogP contribution in [-0.4, -0.2) is 20.7 Å². The fourth-order valence-electron chi connectivity index (χ4n) is 2.86. The van der Waals surface area contributed by atoms with E-state index in [1.165, 1.54) is 0 Å². The van der Waals surface area contributed by atoms with E-state index in [-0.39, 0.29) is 5.91 Å². The Morgan fingerprint density at radius 2 is 1.96 bits per heavy atom. The summed E-state index contributed by atoms with van der Waals surface area (Å²) in [6.07, 6.45) is 3.46. The highest BCUT2D eigenvalue weighted by atomic mass is 79.9. The Labute approximate surface area is 152 Å². The summed E-state index contributed by atoms with van der Waals surface area (Å²) in [5, 5.41) is 8.33. The lowest BCUT2D eigenvalue weighted by atomic mass is 10.2. The zero-order valence-corrected chi connectivity index (χ0v) is 15.0. The molecule has 0 saturated heterocycles. The van der Waals surface area contributed by atoms with Gasteiger partial charge in [0.1, 0.15) is 0 Å². The smallest absolute Gasteiger partial charge is 0.259 e. The number of hydrogen-bond acceptors (Lipinski definition) is 2. The van der Waals surface area contributed by atoms with E-state index in [1.807, 2.05) is 61.7 Å². The number of fused-ring (bicyclic) bond motifs is 1. The maximum atomic E-state index is 12.7. The molecule has 0 bridgehead atoms. The number of H-pyrrole nitrogens is 1. The van der Waals surface area contributed by atoms with E-state index in [0.717, 1.165) is 32.4 Å². The highest BCUT2D eigenvalue weighted by Crippen LogP contribution is 2.24. The van der Waals surface area contributed by atoms with Crippen molar-refractivity contribution in [2.45, 2.75) is 6.92 Å². The summed E-state index contributed by atoms with van der Waals surface area (Å²) in [5.74, 6) is -0.172. The molecular formula is C19H15BrN4O. The minimum Gasteiger partial charge on any atom is -0.361 e. The van der Waals surface area contributed by atoms with Crippen molar-refractivity contribution < 1.29 is 4.79 Å². The number of nitrogens with one attached hydrogen (secondary N) is 2. The first kappa shape index (κ1) is 15.7. The fourth-order valence-corrected chi connectivity index (χ4v) is 3.12. The van der Waals surface area contributed by atoms with Gasteiger partial charge in [0.15, 0.2) is 0 Å². The largest absolute Gasteiger partial charge is 0.361 e. The minimum atomic E-state index is -0.172. The van der Waals surface area contributed by atoms with Crippen LogP contribution in [0.25, 0.3) is 16.6 Å². The van der Waals surface area contributed by atoms with Crippen molar-refractivity contribution in [2.24, 2.45) is 0 Å². The standard InChI is InChI=1S/C19H15BrN4O/c1-12-16(11-22-24(12)14-7-5-13(20)6-8-14)19(25)23-18-4-2-3-17-15(18)9-10-21-17/h2-11,21H,1H3,(H,23,25). The molecule has 4 aromatic rings. The van der Waals surface area contributed by atoms with Crippen LogP contribution in [0.15, 0.2) is 65.4 Å². The number of rotatable bonds is 3. The number of aromatic amines is 1. The number of amides is 1. The second-order valence-corrected chi connectivity index (χ2v) is 6.65. The van der Waals surface area contributed by atoms with Crippen molar-refractivity contribution in [3.05, 3.63) is 76.7 Å². The van der Waals surface area contributed by atoms with E-state index in [9.17, 15) is 4.79 Å². The predicted octanol–water partition coefficient (Wildman–Crippen LogP) is 4.68. The van der Waals surface area contributed by atoms with Crippen LogP contribution in [0.1, 0.15) is 16.1 Å². The number of hydrogen-bond donors (Lipinski definition) is 2. The van der Waals surface area contributed by atoms with Crippen LogP contribution in [0.5, 0.6) is 0 Å². The Morgan fingerprint density at radius 3 is 2.76 bits per heavy atom. The van der Waals surface area contributed by atoms with E-state index in [2.05, 4.69) is 31.3 Å². The fraction of sp³-hybridized carbons (Fsp3) is 0.0526. The molecule has 0 spiro atoms. The van der Waals surface area contributed by atoms with Gasteiger partial charge in [0, 0.05) is 21.6 Å². The van der Waals surface area contributed by atoms with E-state index in [1.54, 1.807) is 10.9 Å². The van der Waals surface area contributed by atoms with Gasteiger partial charge in [-0.15, -0.1) is 0 Å². The molecule has 25 heavy (non-hydrogen) atoms. The summed E-state index contributed by atoms with van der Waals surface area (Å²) in [6, 6.07) is 15.5. The van der Waals surface area contributed by atoms with Gasteiger partial charge in [-0.05, 0) is 49.4 Å². The number of carbonyl (C=O) groups is 1. The molecule has 124 valence electrons. The molecule has 0 unspecified atom stereocenters. The highest BCUT2D eigenvalue weighted by molar-refractivity contribution is 9.10. The number of benzene rings is 2. The molecule has 0 atom stereocenters. The molecule has 0 radical (unpaired) electrons. The van der Waals surface area contributed by atoms with Crippen LogP contribution in [0.3, 0.4) is 0 Å². The van der Waals surface area contributed by atoms with Crippen LogP contribution in [-0.2, 0) is 0 Å². The summed E-state index contributed by atoms with van der Waals surface area (Å²) in [5.41, 5.74) is 4.02. The van der Waals surface area contributed by atoms with Gasteiger partial charge in [-0.3, -0.25) is 4.79 Å². The predicted molar refractivity (Wildman–Crippen MR) is 102 cm³/mol. The van der Waals surface area contributed by atoms with E-state index >= 15 is 0 Å². The molecular weight excluding hydrogens is 380 g/mol. The van der Waals surface area contributed by atoms with Crippen LogP contribution >= 0.6 is 15.9 Å². The Bertz CT molecular complexity index is 1060. The number of aromatic nitrogens is 3. The minimum absolute atomic E-state index is 0.172. The topological polar surface area (TPSA) is 62.7 Å². The second kappa shape index (κ2) is 6.22. The van der Waals surface area contributed by atoms with Crippen LogP contribution < -0.4 is 5.32 Å². The molecule has 5 nitrogen and oxygen atoms in total. The summed E-state index contributed by atoms with van der Waals surface area (Å²) in [6.45, 7) is 1.89. The number of nitrogens with zero attached hydrogens (tertiary/aromatic N) is 2. The third kappa shape index (κ3) is 2.85. The van der Waals surface area contributed by atoms with Crippen molar-refractivity contribution >= 4 is 38.4 Å². The Morgan fingerprint density at radius 1 is 1.16 bits per heavy atom. The molecule has 0 aliphatic heterocycles.